The van der Waals surface area contributed by atoms with Crippen molar-refractivity contribution in [3.8, 4) is 0 Å². The third-order valence-electron chi connectivity index (χ3n) is 4.66. The first-order valence-electron chi connectivity index (χ1n) is 8.79. The summed E-state index contributed by atoms with van der Waals surface area (Å²) < 4.78 is 28.4. The van der Waals surface area contributed by atoms with E-state index in [-0.39, 0.29) is 17.3 Å². The summed E-state index contributed by atoms with van der Waals surface area (Å²) >= 11 is 1.25. The molecule has 140 valence electrons. The van der Waals surface area contributed by atoms with Gasteiger partial charge >= 0.3 is 0 Å². The molecule has 0 saturated heterocycles. The molecule has 0 unspecified atom stereocenters. The lowest BCUT2D eigenvalue weighted by Gasteiger charge is -2.20. The van der Waals surface area contributed by atoms with Crippen LogP contribution >= 0.6 is 11.8 Å². The van der Waals surface area contributed by atoms with Crippen LogP contribution in [0, 0.1) is 17.6 Å². The molecule has 1 aliphatic carbocycles. The quantitative estimate of drug-likeness (QED) is 0.771. The second-order valence-corrected chi connectivity index (χ2v) is 7.57. The lowest BCUT2D eigenvalue weighted by Crippen LogP contribution is -2.16. The zero-order valence-corrected chi connectivity index (χ0v) is 15.5. The molecule has 1 N–H and O–H groups in total. The Kier molecular flexibility index (Phi) is 6.24. The third-order valence-corrected chi connectivity index (χ3v) is 5.68. The molecule has 0 spiro atoms. The van der Waals surface area contributed by atoms with E-state index in [0.29, 0.717) is 11.1 Å². The Morgan fingerprint density at radius 2 is 2.04 bits per heavy atom. The molecule has 1 aromatic heterocycles. The molecule has 5 nitrogen and oxygen atoms in total. The van der Waals surface area contributed by atoms with Gasteiger partial charge in [0.05, 0.1) is 11.4 Å². The molecular formula is C18H22F2N4OS. The van der Waals surface area contributed by atoms with E-state index in [1.165, 1.54) is 49.9 Å². The number of rotatable bonds is 6. The highest BCUT2D eigenvalue weighted by Crippen LogP contribution is 2.27. The van der Waals surface area contributed by atoms with E-state index in [4.69, 9.17) is 0 Å². The summed E-state index contributed by atoms with van der Waals surface area (Å²) in [5, 5.41) is 11.5. The first kappa shape index (κ1) is 18.8. The molecule has 3 rings (SSSR count). The minimum Gasteiger partial charge on any atom is -0.323 e. The van der Waals surface area contributed by atoms with E-state index >= 15 is 0 Å². The zero-order valence-electron chi connectivity index (χ0n) is 14.7. The third kappa shape index (κ3) is 4.81. The average molecular weight is 380 g/mol. The zero-order chi connectivity index (χ0) is 18.5. The van der Waals surface area contributed by atoms with Gasteiger partial charge in [0.1, 0.15) is 17.5 Å². The second kappa shape index (κ2) is 8.62. The Morgan fingerprint density at radius 1 is 1.27 bits per heavy atom. The van der Waals surface area contributed by atoms with Gasteiger partial charge in [-0.1, -0.05) is 43.9 Å². The number of hydrogen-bond acceptors (Lipinski definition) is 4. The number of benzene rings is 1. The molecule has 0 aliphatic heterocycles. The minimum atomic E-state index is -0.795. The van der Waals surface area contributed by atoms with Crippen molar-refractivity contribution in [3.63, 3.8) is 0 Å². The van der Waals surface area contributed by atoms with Crippen LogP contribution in [0.4, 0.5) is 14.5 Å². The maximum absolute atomic E-state index is 13.6. The fraction of sp³-hybridized carbons (Fsp3) is 0.500. The number of aromatic nitrogens is 3. The smallest absolute Gasteiger partial charge is 0.234 e. The average Bonchev–Trinajstić information content (AvgIpc) is 2.96. The van der Waals surface area contributed by atoms with Crippen LogP contribution in [0.2, 0.25) is 0 Å². The van der Waals surface area contributed by atoms with Gasteiger partial charge in [-0.3, -0.25) is 4.79 Å². The molecule has 1 heterocycles. The van der Waals surface area contributed by atoms with Crippen molar-refractivity contribution in [2.75, 3.05) is 11.1 Å². The van der Waals surface area contributed by atoms with Gasteiger partial charge in [-0.2, -0.15) is 0 Å². The molecule has 0 radical (unpaired) electrons. The van der Waals surface area contributed by atoms with Gasteiger partial charge in [0.25, 0.3) is 0 Å². The molecule has 2 aromatic rings. The molecule has 1 fully saturated rings. The number of carbonyl (C=O) groups excluding carboxylic acids is 1. The van der Waals surface area contributed by atoms with Crippen molar-refractivity contribution in [1.82, 2.24) is 14.8 Å². The van der Waals surface area contributed by atoms with Gasteiger partial charge in [-0.15, -0.1) is 10.2 Å². The van der Waals surface area contributed by atoms with Crippen molar-refractivity contribution in [2.24, 2.45) is 13.0 Å². The number of amides is 1. The van der Waals surface area contributed by atoms with Crippen LogP contribution in [0.3, 0.4) is 0 Å². The lowest BCUT2D eigenvalue weighted by molar-refractivity contribution is -0.113. The van der Waals surface area contributed by atoms with E-state index in [2.05, 4.69) is 15.5 Å². The number of carbonyl (C=O) groups is 1. The highest BCUT2D eigenvalue weighted by molar-refractivity contribution is 7.99. The summed E-state index contributed by atoms with van der Waals surface area (Å²) in [5.41, 5.74) is -0.0343. The summed E-state index contributed by atoms with van der Waals surface area (Å²) in [4.78, 5) is 12.0. The Hall–Kier alpha value is -1.96. The fourth-order valence-electron chi connectivity index (χ4n) is 3.21. The Bertz CT molecular complexity index is 775. The monoisotopic (exact) mass is 380 g/mol. The number of thioether (sulfide) groups is 1. The van der Waals surface area contributed by atoms with E-state index in [1.54, 1.807) is 0 Å². The Balaban J connectivity index is 1.53. The van der Waals surface area contributed by atoms with Crippen LogP contribution < -0.4 is 5.32 Å². The topological polar surface area (TPSA) is 59.8 Å². The second-order valence-electron chi connectivity index (χ2n) is 6.63. The maximum Gasteiger partial charge on any atom is 0.234 e. The largest absolute Gasteiger partial charge is 0.323 e. The number of nitrogens with one attached hydrogen (secondary N) is 1. The Morgan fingerprint density at radius 3 is 2.77 bits per heavy atom. The summed E-state index contributed by atoms with van der Waals surface area (Å²) in [5.74, 6) is -0.182. The first-order valence-corrected chi connectivity index (χ1v) is 9.77. The number of hydrogen-bond donors (Lipinski definition) is 1. The predicted molar refractivity (Wildman–Crippen MR) is 97.0 cm³/mol. The SMILES string of the molecule is Cn1c(CC2CCCCC2)nnc1SCC(=O)Nc1ccc(F)cc1F. The molecule has 1 aromatic carbocycles. The number of anilines is 1. The van der Waals surface area contributed by atoms with Crippen molar-refractivity contribution in [1.29, 1.82) is 0 Å². The molecule has 0 bridgehead atoms. The minimum absolute atomic E-state index is 0.0343. The lowest BCUT2D eigenvalue weighted by atomic mass is 9.87. The van der Waals surface area contributed by atoms with Crippen LogP contribution in [-0.2, 0) is 18.3 Å². The summed E-state index contributed by atoms with van der Waals surface area (Å²) in [6.45, 7) is 0. The summed E-state index contributed by atoms with van der Waals surface area (Å²) in [6, 6.07) is 3.05. The first-order chi connectivity index (χ1) is 12.5. The van der Waals surface area contributed by atoms with E-state index in [9.17, 15) is 13.6 Å². The molecular weight excluding hydrogens is 358 g/mol. The van der Waals surface area contributed by atoms with Gasteiger partial charge in [-0.25, -0.2) is 8.78 Å². The van der Waals surface area contributed by atoms with Crippen molar-refractivity contribution in [2.45, 2.75) is 43.7 Å². The number of halogens is 2. The molecule has 0 atom stereocenters. The van der Waals surface area contributed by atoms with Gasteiger partial charge in [0.15, 0.2) is 5.16 Å². The molecule has 1 saturated carbocycles. The summed E-state index contributed by atoms with van der Waals surface area (Å²) in [6.07, 6.45) is 7.27. The maximum atomic E-state index is 13.6. The van der Waals surface area contributed by atoms with Crippen molar-refractivity contribution < 1.29 is 13.6 Å². The standard InChI is InChI=1S/C18H22F2N4OS/c1-24-16(9-12-5-3-2-4-6-12)22-23-18(24)26-11-17(25)21-15-8-7-13(19)10-14(15)20/h7-8,10,12H,2-6,9,11H2,1H3,(H,21,25). The normalized spacial score (nSPS) is 15.2. The van der Waals surface area contributed by atoms with Crippen LogP contribution in [-0.4, -0.2) is 26.4 Å². The van der Waals surface area contributed by atoms with Crippen LogP contribution in [0.5, 0.6) is 0 Å². The van der Waals surface area contributed by atoms with E-state index < -0.39 is 11.6 Å². The van der Waals surface area contributed by atoms with Gasteiger partial charge in [0, 0.05) is 19.5 Å². The van der Waals surface area contributed by atoms with Crippen LogP contribution in [0.1, 0.15) is 37.9 Å². The number of nitrogens with zero attached hydrogens (tertiary/aromatic N) is 3. The molecule has 26 heavy (non-hydrogen) atoms. The Labute approximate surface area is 155 Å². The predicted octanol–water partition coefficient (Wildman–Crippen LogP) is 3.95. The highest BCUT2D eigenvalue weighted by Gasteiger charge is 2.18. The van der Waals surface area contributed by atoms with Crippen LogP contribution in [0.15, 0.2) is 23.4 Å². The van der Waals surface area contributed by atoms with E-state index in [1.807, 2.05) is 11.6 Å². The molecule has 1 aliphatic rings. The summed E-state index contributed by atoms with van der Waals surface area (Å²) in [7, 11) is 1.90. The fourth-order valence-corrected chi connectivity index (χ4v) is 3.94. The molecule has 1 amide bonds. The van der Waals surface area contributed by atoms with Gasteiger partial charge in [0.2, 0.25) is 5.91 Å². The molecule has 8 heteroatoms. The van der Waals surface area contributed by atoms with Crippen molar-refractivity contribution in [3.05, 3.63) is 35.7 Å². The van der Waals surface area contributed by atoms with Gasteiger partial charge < -0.3 is 9.88 Å². The van der Waals surface area contributed by atoms with E-state index in [0.717, 1.165) is 24.4 Å². The van der Waals surface area contributed by atoms with Crippen molar-refractivity contribution >= 4 is 23.4 Å². The highest BCUT2D eigenvalue weighted by atomic mass is 32.2. The van der Waals surface area contributed by atoms with Gasteiger partial charge in [-0.05, 0) is 18.1 Å². The van der Waals surface area contributed by atoms with Crippen LogP contribution in [0.25, 0.3) is 0 Å².